The molecular formula is C19H21NO4. The molecule has 0 aliphatic carbocycles. The molecule has 0 aromatic heterocycles. The topological polar surface area (TPSA) is 75.6 Å². The Bertz CT molecular complexity index is 773. The highest BCUT2D eigenvalue weighted by molar-refractivity contribution is 6.05. The molecular weight excluding hydrogens is 306 g/mol. The van der Waals surface area contributed by atoms with Crippen molar-refractivity contribution in [3.05, 3.63) is 58.1 Å². The van der Waals surface area contributed by atoms with Crippen LogP contribution in [0.2, 0.25) is 0 Å². The fourth-order valence-corrected chi connectivity index (χ4v) is 2.59. The minimum atomic E-state index is -1.04. The van der Waals surface area contributed by atoms with Gasteiger partial charge in [0.25, 0.3) is 5.91 Å². The van der Waals surface area contributed by atoms with E-state index in [1.165, 1.54) is 0 Å². The number of carbonyl (C=O) groups is 2. The Morgan fingerprint density at radius 2 is 1.62 bits per heavy atom. The molecule has 0 heterocycles. The van der Waals surface area contributed by atoms with E-state index >= 15 is 0 Å². The van der Waals surface area contributed by atoms with Gasteiger partial charge in [0.2, 0.25) is 0 Å². The summed E-state index contributed by atoms with van der Waals surface area (Å²) in [7, 11) is 0. The summed E-state index contributed by atoms with van der Waals surface area (Å²) < 4.78 is 5.28. The lowest BCUT2D eigenvalue weighted by Crippen LogP contribution is -2.15. The molecule has 1 amide bonds. The van der Waals surface area contributed by atoms with Crippen molar-refractivity contribution in [3.63, 3.8) is 0 Å². The minimum Gasteiger partial charge on any atom is -0.481 e. The van der Waals surface area contributed by atoms with Gasteiger partial charge in [0.05, 0.1) is 0 Å². The van der Waals surface area contributed by atoms with Crippen LogP contribution in [0, 0.1) is 27.7 Å². The van der Waals surface area contributed by atoms with Crippen molar-refractivity contribution in [2.24, 2.45) is 0 Å². The van der Waals surface area contributed by atoms with Crippen LogP contribution in [-0.4, -0.2) is 23.6 Å². The first-order valence-corrected chi connectivity index (χ1v) is 7.62. The maximum Gasteiger partial charge on any atom is 0.341 e. The molecule has 0 aliphatic heterocycles. The lowest BCUT2D eigenvalue weighted by molar-refractivity contribution is -0.139. The zero-order valence-corrected chi connectivity index (χ0v) is 14.3. The number of carboxylic acids is 1. The van der Waals surface area contributed by atoms with Gasteiger partial charge in [-0.2, -0.15) is 0 Å². The van der Waals surface area contributed by atoms with Crippen molar-refractivity contribution in [2.75, 3.05) is 11.9 Å². The summed E-state index contributed by atoms with van der Waals surface area (Å²) in [6, 6.07) is 9.23. The highest BCUT2D eigenvalue weighted by Gasteiger charge is 2.13. The number of aliphatic carboxylic acids is 1. The van der Waals surface area contributed by atoms with Crippen molar-refractivity contribution in [2.45, 2.75) is 27.7 Å². The summed E-state index contributed by atoms with van der Waals surface area (Å²) in [6.45, 7) is 7.12. The zero-order valence-electron chi connectivity index (χ0n) is 14.3. The molecule has 24 heavy (non-hydrogen) atoms. The van der Waals surface area contributed by atoms with E-state index in [4.69, 9.17) is 9.84 Å². The molecule has 0 atom stereocenters. The number of ether oxygens (including phenoxy) is 1. The van der Waals surface area contributed by atoms with Crippen LogP contribution in [0.25, 0.3) is 0 Å². The maximum atomic E-state index is 12.5. The van der Waals surface area contributed by atoms with Gasteiger partial charge >= 0.3 is 5.97 Å². The van der Waals surface area contributed by atoms with E-state index in [-0.39, 0.29) is 5.91 Å². The van der Waals surface area contributed by atoms with Crippen LogP contribution < -0.4 is 10.1 Å². The van der Waals surface area contributed by atoms with Gasteiger partial charge in [-0.25, -0.2) is 4.79 Å². The van der Waals surface area contributed by atoms with Crippen LogP contribution in [0.4, 0.5) is 5.69 Å². The Labute approximate surface area is 141 Å². The molecule has 0 bridgehead atoms. The Morgan fingerprint density at radius 1 is 1.00 bits per heavy atom. The average Bonchev–Trinajstić information content (AvgIpc) is 2.48. The first kappa shape index (κ1) is 17.5. The van der Waals surface area contributed by atoms with E-state index in [0.29, 0.717) is 11.3 Å². The van der Waals surface area contributed by atoms with Crippen molar-refractivity contribution < 1.29 is 19.4 Å². The van der Waals surface area contributed by atoms with Crippen molar-refractivity contribution in [3.8, 4) is 5.75 Å². The Morgan fingerprint density at radius 3 is 2.17 bits per heavy atom. The fraction of sp³-hybridized carbons (Fsp3) is 0.263. The number of anilines is 1. The van der Waals surface area contributed by atoms with E-state index < -0.39 is 12.6 Å². The smallest absolute Gasteiger partial charge is 0.341 e. The van der Waals surface area contributed by atoms with Crippen molar-refractivity contribution in [1.82, 2.24) is 0 Å². The van der Waals surface area contributed by atoms with Gasteiger partial charge in [0, 0.05) is 11.3 Å². The van der Waals surface area contributed by atoms with Crippen LogP contribution in [0.5, 0.6) is 5.75 Å². The molecule has 5 heteroatoms. The summed E-state index contributed by atoms with van der Waals surface area (Å²) >= 11 is 0. The van der Waals surface area contributed by atoms with Gasteiger partial charge in [-0.15, -0.1) is 0 Å². The molecule has 0 spiro atoms. The molecule has 2 rings (SSSR count). The first-order valence-electron chi connectivity index (χ1n) is 7.62. The standard InChI is InChI=1S/C19H21NO4/c1-11-5-6-16(12(2)7-11)20-19(23)15-8-13(3)18(14(4)9-15)24-10-17(21)22/h5-9H,10H2,1-4H3,(H,20,23)(H,21,22). The maximum absolute atomic E-state index is 12.5. The van der Waals surface area contributed by atoms with Crippen LogP contribution >= 0.6 is 0 Å². The number of hydrogen-bond acceptors (Lipinski definition) is 3. The van der Waals surface area contributed by atoms with E-state index in [0.717, 1.165) is 27.9 Å². The third kappa shape index (κ3) is 4.13. The molecule has 0 saturated heterocycles. The van der Waals surface area contributed by atoms with Crippen LogP contribution in [0.1, 0.15) is 32.6 Å². The number of carbonyl (C=O) groups excluding carboxylic acids is 1. The molecule has 0 radical (unpaired) electrons. The molecule has 0 unspecified atom stereocenters. The van der Waals surface area contributed by atoms with Gasteiger partial charge in [0.1, 0.15) is 5.75 Å². The van der Waals surface area contributed by atoms with Gasteiger partial charge in [-0.05, 0) is 62.6 Å². The second-order valence-electron chi connectivity index (χ2n) is 5.89. The molecule has 0 fully saturated rings. The lowest BCUT2D eigenvalue weighted by atomic mass is 10.0. The Hall–Kier alpha value is -2.82. The van der Waals surface area contributed by atoms with Gasteiger partial charge in [0.15, 0.2) is 6.61 Å². The summed E-state index contributed by atoms with van der Waals surface area (Å²) in [5, 5.41) is 11.6. The number of rotatable bonds is 5. The van der Waals surface area contributed by atoms with Crippen molar-refractivity contribution >= 4 is 17.6 Å². The predicted molar refractivity (Wildman–Crippen MR) is 92.9 cm³/mol. The molecule has 2 aromatic carbocycles. The zero-order chi connectivity index (χ0) is 17.9. The highest BCUT2D eigenvalue weighted by Crippen LogP contribution is 2.26. The number of carboxylic acid groups (broad SMARTS) is 1. The summed E-state index contributed by atoms with van der Waals surface area (Å²) in [6.07, 6.45) is 0. The number of hydrogen-bond donors (Lipinski definition) is 2. The normalized spacial score (nSPS) is 10.3. The third-order valence-corrected chi connectivity index (χ3v) is 3.69. The van der Waals surface area contributed by atoms with E-state index in [9.17, 15) is 9.59 Å². The van der Waals surface area contributed by atoms with Gasteiger partial charge in [-0.1, -0.05) is 17.7 Å². The van der Waals surface area contributed by atoms with Gasteiger partial charge in [-0.3, -0.25) is 4.79 Å². The quantitative estimate of drug-likeness (QED) is 0.879. The van der Waals surface area contributed by atoms with Crippen LogP contribution in [-0.2, 0) is 4.79 Å². The Balaban J connectivity index is 2.22. The van der Waals surface area contributed by atoms with Crippen LogP contribution in [0.15, 0.2) is 30.3 Å². The number of nitrogens with one attached hydrogen (secondary N) is 1. The number of benzene rings is 2. The molecule has 5 nitrogen and oxygen atoms in total. The molecule has 0 saturated carbocycles. The second kappa shape index (κ2) is 7.17. The summed E-state index contributed by atoms with van der Waals surface area (Å²) in [5.74, 6) is -0.746. The number of amides is 1. The average molecular weight is 327 g/mol. The molecule has 2 N–H and O–H groups in total. The highest BCUT2D eigenvalue weighted by atomic mass is 16.5. The fourth-order valence-electron chi connectivity index (χ4n) is 2.59. The summed E-state index contributed by atoms with van der Waals surface area (Å²) in [5.41, 5.74) is 4.86. The van der Waals surface area contributed by atoms with Gasteiger partial charge < -0.3 is 15.2 Å². The monoisotopic (exact) mass is 327 g/mol. The molecule has 0 aliphatic rings. The van der Waals surface area contributed by atoms with Crippen LogP contribution in [0.3, 0.4) is 0 Å². The van der Waals surface area contributed by atoms with Crippen molar-refractivity contribution in [1.29, 1.82) is 0 Å². The molecule has 2 aromatic rings. The van der Waals surface area contributed by atoms with E-state index in [1.54, 1.807) is 26.0 Å². The second-order valence-corrected chi connectivity index (χ2v) is 5.89. The first-order chi connectivity index (χ1) is 11.3. The predicted octanol–water partition coefficient (Wildman–Crippen LogP) is 3.64. The lowest BCUT2D eigenvalue weighted by Gasteiger charge is -2.14. The third-order valence-electron chi connectivity index (χ3n) is 3.69. The number of aryl methyl sites for hydroxylation is 4. The molecule has 126 valence electrons. The Kier molecular flexibility index (Phi) is 5.24. The SMILES string of the molecule is Cc1ccc(NC(=O)c2cc(C)c(OCC(=O)O)c(C)c2)c(C)c1. The largest absolute Gasteiger partial charge is 0.481 e. The summed E-state index contributed by atoms with van der Waals surface area (Å²) in [4.78, 5) is 23.1. The van der Waals surface area contributed by atoms with E-state index in [1.807, 2.05) is 32.0 Å². The van der Waals surface area contributed by atoms with E-state index in [2.05, 4.69) is 5.32 Å². The minimum absolute atomic E-state index is 0.210.